The largest absolute Gasteiger partial charge is 0.506 e. The van der Waals surface area contributed by atoms with Crippen LogP contribution in [0, 0.1) is 0 Å². The molecule has 0 spiro atoms. The highest BCUT2D eigenvalue weighted by atomic mass is 16.5. The van der Waals surface area contributed by atoms with Crippen molar-refractivity contribution in [3.8, 4) is 11.5 Å². The van der Waals surface area contributed by atoms with Gasteiger partial charge in [0.2, 0.25) is 0 Å². The van der Waals surface area contributed by atoms with Crippen molar-refractivity contribution in [3.05, 3.63) is 53.6 Å². The molecule has 0 amide bonds. The monoisotopic (exact) mass is 245 g/mol. The maximum atomic E-state index is 10.3. The third kappa shape index (κ3) is 2.10. The number of nitrogen functional groups attached to an aromatic ring is 1. The molecule has 0 bridgehead atoms. The van der Waals surface area contributed by atoms with E-state index in [9.17, 15) is 10.2 Å². The zero-order valence-corrected chi connectivity index (χ0v) is 10.00. The number of aliphatic hydroxyl groups excluding tert-OH is 1. The predicted molar refractivity (Wildman–Crippen MR) is 69.6 cm³/mol. The lowest BCUT2D eigenvalue weighted by molar-refractivity contribution is 0.215. The fraction of sp³-hybridized carbons (Fsp3) is 0.143. The first kappa shape index (κ1) is 12.3. The van der Waals surface area contributed by atoms with Gasteiger partial charge in [-0.1, -0.05) is 30.3 Å². The maximum absolute atomic E-state index is 10.3. The number of aliphatic hydroxyl groups is 1. The molecule has 2 rings (SSSR count). The average molecular weight is 245 g/mol. The molecular weight excluding hydrogens is 230 g/mol. The Balaban J connectivity index is 2.48. The molecule has 0 heterocycles. The number of rotatable bonds is 3. The number of benzene rings is 2. The predicted octanol–water partition coefficient (Wildman–Crippen LogP) is 2.06. The SMILES string of the molecule is COc1ccccc1C(O)c1cccc(O)c1N. The van der Waals surface area contributed by atoms with Crippen LogP contribution in [0.4, 0.5) is 5.69 Å². The molecule has 4 nitrogen and oxygen atoms in total. The summed E-state index contributed by atoms with van der Waals surface area (Å²) in [6.45, 7) is 0. The third-order valence-electron chi connectivity index (χ3n) is 2.84. The van der Waals surface area contributed by atoms with Gasteiger partial charge in [0, 0.05) is 11.1 Å². The fourth-order valence-electron chi connectivity index (χ4n) is 1.87. The van der Waals surface area contributed by atoms with Gasteiger partial charge in [0.1, 0.15) is 17.6 Å². The lowest BCUT2D eigenvalue weighted by atomic mass is 9.99. The summed E-state index contributed by atoms with van der Waals surface area (Å²) in [7, 11) is 1.54. The minimum Gasteiger partial charge on any atom is -0.506 e. The van der Waals surface area contributed by atoms with Crippen molar-refractivity contribution < 1.29 is 14.9 Å². The van der Waals surface area contributed by atoms with Gasteiger partial charge < -0.3 is 20.7 Å². The Hall–Kier alpha value is -2.20. The van der Waals surface area contributed by atoms with E-state index in [-0.39, 0.29) is 11.4 Å². The van der Waals surface area contributed by atoms with Gasteiger partial charge in [-0.25, -0.2) is 0 Å². The number of phenols is 1. The molecule has 2 aromatic carbocycles. The van der Waals surface area contributed by atoms with Crippen molar-refractivity contribution in [2.24, 2.45) is 0 Å². The molecule has 1 unspecified atom stereocenters. The topological polar surface area (TPSA) is 75.7 Å². The van der Waals surface area contributed by atoms with E-state index in [0.29, 0.717) is 16.9 Å². The van der Waals surface area contributed by atoms with Crippen LogP contribution in [0.5, 0.6) is 11.5 Å². The van der Waals surface area contributed by atoms with Crippen LogP contribution in [0.25, 0.3) is 0 Å². The second kappa shape index (κ2) is 4.98. The first-order valence-electron chi connectivity index (χ1n) is 5.53. The average Bonchev–Trinajstić information content (AvgIpc) is 2.41. The summed E-state index contributed by atoms with van der Waals surface area (Å²) in [5.41, 5.74) is 7.00. The number of nitrogens with two attached hydrogens (primary N) is 1. The molecule has 0 aliphatic heterocycles. The summed E-state index contributed by atoms with van der Waals surface area (Å²) in [4.78, 5) is 0. The summed E-state index contributed by atoms with van der Waals surface area (Å²) in [5.74, 6) is 0.536. The van der Waals surface area contributed by atoms with Gasteiger partial charge in [0.05, 0.1) is 12.8 Å². The lowest BCUT2D eigenvalue weighted by Crippen LogP contribution is -2.05. The summed E-state index contributed by atoms with van der Waals surface area (Å²) in [6, 6.07) is 11.9. The number of anilines is 1. The van der Waals surface area contributed by atoms with Crippen LogP contribution in [0.1, 0.15) is 17.2 Å². The highest BCUT2D eigenvalue weighted by molar-refractivity contribution is 5.60. The third-order valence-corrected chi connectivity index (χ3v) is 2.84. The van der Waals surface area contributed by atoms with Crippen LogP contribution in [0.2, 0.25) is 0 Å². The first-order valence-corrected chi connectivity index (χ1v) is 5.53. The summed E-state index contributed by atoms with van der Waals surface area (Å²) < 4.78 is 5.19. The number of para-hydroxylation sites is 2. The van der Waals surface area contributed by atoms with Gasteiger partial charge >= 0.3 is 0 Å². The first-order chi connectivity index (χ1) is 8.65. The zero-order chi connectivity index (χ0) is 13.1. The van der Waals surface area contributed by atoms with E-state index in [1.54, 1.807) is 30.3 Å². The summed E-state index contributed by atoms with van der Waals surface area (Å²) in [5, 5.41) is 19.9. The molecule has 0 fully saturated rings. The minimum absolute atomic E-state index is 0.0403. The number of phenolic OH excluding ortho intramolecular Hbond substituents is 1. The van der Waals surface area contributed by atoms with Crippen LogP contribution in [-0.4, -0.2) is 17.3 Å². The fourth-order valence-corrected chi connectivity index (χ4v) is 1.87. The highest BCUT2D eigenvalue weighted by Crippen LogP contribution is 2.35. The van der Waals surface area contributed by atoms with Crippen molar-refractivity contribution in [1.29, 1.82) is 0 Å². The maximum Gasteiger partial charge on any atom is 0.138 e. The van der Waals surface area contributed by atoms with E-state index in [2.05, 4.69) is 0 Å². The van der Waals surface area contributed by atoms with Crippen LogP contribution in [-0.2, 0) is 0 Å². The zero-order valence-electron chi connectivity index (χ0n) is 10.00. The van der Waals surface area contributed by atoms with Crippen LogP contribution in [0.15, 0.2) is 42.5 Å². The Morgan fingerprint density at radius 1 is 1.06 bits per heavy atom. The second-order valence-corrected chi connectivity index (χ2v) is 3.92. The molecule has 94 valence electrons. The summed E-state index contributed by atoms with van der Waals surface area (Å²) >= 11 is 0. The van der Waals surface area contributed by atoms with Crippen molar-refractivity contribution in [2.45, 2.75) is 6.10 Å². The van der Waals surface area contributed by atoms with Crippen LogP contribution < -0.4 is 10.5 Å². The van der Waals surface area contributed by atoms with E-state index in [4.69, 9.17) is 10.5 Å². The molecule has 0 saturated carbocycles. The van der Waals surface area contributed by atoms with Crippen molar-refractivity contribution in [1.82, 2.24) is 0 Å². The summed E-state index contributed by atoms with van der Waals surface area (Å²) in [6.07, 6.45) is -0.937. The number of methoxy groups -OCH3 is 1. The number of hydrogen-bond donors (Lipinski definition) is 3. The molecule has 18 heavy (non-hydrogen) atoms. The van der Waals surface area contributed by atoms with E-state index in [1.165, 1.54) is 13.2 Å². The van der Waals surface area contributed by atoms with Crippen molar-refractivity contribution in [2.75, 3.05) is 12.8 Å². The van der Waals surface area contributed by atoms with Crippen LogP contribution >= 0.6 is 0 Å². The van der Waals surface area contributed by atoms with Gasteiger partial charge in [0.25, 0.3) is 0 Å². The molecule has 0 aromatic heterocycles. The van der Waals surface area contributed by atoms with E-state index in [1.807, 2.05) is 6.07 Å². The van der Waals surface area contributed by atoms with Crippen molar-refractivity contribution >= 4 is 5.69 Å². The minimum atomic E-state index is -0.937. The van der Waals surface area contributed by atoms with Gasteiger partial charge in [0.15, 0.2) is 0 Å². The Bertz CT molecular complexity index is 554. The molecule has 4 heteroatoms. The van der Waals surface area contributed by atoms with E-state index < -0.39 is 6.10 Å². The number of hydrogen-bond acceptors (Lipinski definition) is 4. The Kier molecular flexibility index (Phi) is 3.39. The second-order valence-electron chi connectivity index (χ2n) is 3.92. The molecule has 0 saturated heterocycles. The Morgan fingerprint density at radius 3 is 2.44 bits per heavy atom. The molecule has 0 aliphatic carbocycles. The normalized spacial score (nSPS) is 12.1. The number of ether oxygens (including phenoxy) is 1. The molecular formula is C14H15NO3. The quantitative estimate of drug-likeness (QED) is 0.571. The Labute approximate surface area is 105 Å². The van der Waals surface area contributed by atoms with Crippen LogP contribution in [0.3, 0.4) is 0 Å². The van der Waals surface area contributed by atoms with E-state index >= 15 is 0 Å². The molecule has 0 radical (unpaired) electrons. The smallest absolute Gasteiger partial charge is 0.138 e. The standard InChI is InChI=1S/C14H15NO3/c1-18-12-8-3-2-5-9(12)14(17)10-6-4-7-11(16)13(10)15/h2-8,14,16-17H,15H2,1H3. The lowest BCUT2D eigenvalue weighted by Gasteiger charge is -2.17. The van der Waals surface area contributed by atoms with Gasteiger partial charge in [-0.05, 0) is 12.1 Å². The van der Waals surface area contributed by atoms with Gasteiger partial charge in [-0.2, -0.15) is 0 Å². The molecule has 4 N–H and O–H groups in total. The molecule has 1 atom stereocenters. The van der Waals surface area contributed by atoms with Gasteiger partial charge in [-0.3, -0.25) is 0 Å². The highest BCUT2D eigenvalue weighted by Gasteiger charge is 2.18. The Morgan fingerprint density at radius 2 is 1.72 bits per heavy atom. The molecule has 0 aliphatic rings. The van der Waals surface area contributed by atoms with Gasteiger partial charge in [-0.15, -0.1) is 0 Å². The van der Waals surface area contributed by atoms with Crippen molar-refractivity contribution in [3.63, 3.8) is 0 Å². The molecule has 2 aromatic rings. The number of aromatic hydroxyl groups is 1. The van der Waals surface area contributed by atoms with E-state index in [0.717, 1.165) is 0 Å².